The maximum atomic E-state index is 2.28. The van der Waals surface area contributed by atoms with Gasteiger partial charge in [-0.2, -0.15) is 11.8 Å². The number of thioether (sulfide) groups is 1. The van der Waals surface area contributed by atoms with Crippen LogP contribution in [0.1, 0.15) is 34.1 Å². The molecule has 0 saturated carbocycles. The molecule has 2 unspecified atom stereocenters. The van der Waals surface area contributed by atoms with Crippen LogP contribution in [0.4, 0.5) is 0 Å². The third-order valence-electron chi connectivity index (χ3n) is 5.83. The van der Waals surface area contributed by atoms with Crippen molar-refractivity contribution in [3.05, 3.63) is 144 Å². The molecule has 0 N–H and O–H groups in total. The van der Waals surface area contributed by atoms with Crippen molar-refractivity contribution in [1.29, 1.82) is 0 Å². The summed E-state index contributed by atoms with van der Waals surface area (Å²) in [6, 6.07) is 43.8. The number of hydrogen-bond donors (Lipinski definition) is 0. The van der Waals surface area contributed by atoms with E-state index in [-0.39, 0.29) is 0 Å². The number of hydrogen-bond acceptors (Lipinski definition) is 1. The predicted octanol–water partition coefficient (Wildman–Crippen LogP) is 7.77. The molecule has 0 spiro atoms. The van der Waals surface area contributed by atoms with Crippen molar-refractivity contribution in [2.24, 2.45) is 0 Å². The van der Waals surface area contributed by atoms with Crippen molar-refractivity contribution < 1.29 is 0 Å². The van der Waals surface area contributed by atoms with Gasteiger partial charge in [-0.1, -0.05) is 121 Å². The first kappa shape index (κ1) is 21.5. The van der Waals surface area contributed by atoms with Gasteiger partial charge in [0, 0.05) is 11.5 Å². The maximum absolute atomic E-state index is 2.28. The molecule has 31 heavy (non-hydrogen) atoms. The fraction of sp³-hybridized carbons (Fsp3) is 0.200. The molecule has 0 nitrogen and oxygen atoms in total. The zero-order valence-electron chi connectivity index (χ0n) is 17.9. The Labute approximate surface area is 191 Å². The number of benzene rings is 4. The molecule has 4 aromatic carbocycles. The Morgan fingerprint density at radius 2 is 0.742 bits per heavy atom. The first-order valence-corrected chi connectivity index (χ1v) is 12.3. The summed E-state index contributed by atoms with van der Waals surface area (Å²) in [5.74, 6) is 3.33. The molecule has 1 heteroatoms. The zero-order chi connectivity index (χ0) is 21.1. The largest absolute Gasteiger partial charge is 0.161 e. The molecule has 2 atom stereocenters. The molecule has 4 rings (SSSR count). The first-order chi connectivity index (χ1) is 15.4. The lowest BCUT2D eigenvalue weighted by Crippen LogP contribution is -2.10. The fourth-order valence-electron chi connectivity index (χ4n) is 4.15. The lowest BCUT2D eigenvalue weighted by atomic mass is 9.93. The first-order valence-electron chi connectivity index (χ1n) is 11.1. The second kappa shape index (κ2) is 11.6. The van der Waals surface area contributed by atoms with Gasteiger partial charge in [0.05, 0.1) is 0 Å². The molecule has 0 aromatic heterocycles. The van der Waals surface area contributed by atoms with Crippen molar-refractivity contribution in [2.75, 3.05) is 11.5 Å². The minimum atomic E-state index is 0.529. The van der Waals surface area contributed by atoms with Crippen molar-refractivity contribution in [3.8, 4) is 0 Å². The average Bonchev–Trinajstić information content (AvgIpc) is 2.85. The summed E-state index contributed by atoms with van der Waals surface area (Å²) in [7, 11) is 0. The molecular weight excluding hydrogens is 392 g/mol. The van der Waals surface area contributed by atoms with Gasteiger partial charge < -0.3 is 0 Å². The van der Waals surface area contributed by atoms with Gasteiger partial charge in [-0.25, -0.2) is 0 Å². The Morgan fingerprint density at radius 3 is 1.10 bits per heavy atom. The van der Waals surface area contributed by atoms with E-state index in [1.807, 2.05) is 0 Å². The van der Waals surface area contributed by atoms with Gasteiger partial charge in [-0.05, 0) is 46.9 Å². The quantitative estimate of drug-likeness (QED) is 0.251. The lowest BCUT2D eigenvalue weighted by Gasteiger charge is -2.21. The summed E-state index contributed by atoms with van der Waals surface area (Å²) in [6.45, 7) is 0. The molecule has 0 radical (unpaired) electrons. The SMILES string of the molecule is c1ccc(CC(CSCC(Cc2ccccc2)c2ccccc2)c2ccccc2)cc1. The molecule has 0 heterocycles. The van der Waals surface area contributed by atoms with Crippen molar-refractivity contribution in [2.45, 2.75) is 24.7 Å². The van der Waals surface area contributed by atoms with Gasteiger partial charge in [-0.3, -0.25) is 0 Å². The topological polar surface area (TPSA) is 0 Å². The summed E-state index contributed by atoms with van der Waals surface area (Å²) in [5.41, 5.74) is 5.72. The van der Waals surface area contributed by atoms with Gasteiger partial charge in [0.1, 0.15) is 0 Å². The van der Waals surface area contributed by atoms with Crippen LogP contribution in [0.15, 0.2) is 121 Å². The minimum absolute atomic E-state index is 0.529. The van der Waals surface area contributed by atoms with Crippen LogP contribution in [-0.2, 0) is 12.8 Å². The molecule has 156 valence electrons. The van der Waals surface area contributed by atoms with Gasteiger partial charge in [0.2, 0.25) is 0 Å². The van der Waals surface area contributed by atoms with Crippen molar-refractivity contribution in [1.82, 2.24) is 0 Å². The minimum Gasteiger partial charge on any atom is -0.161 e. The Morgan fingerprint density at radius 1 is 0.419 bits per heavy atom. The third-order valence-corrected chi connectivity index (χ3v) is 7.11. The van der Waals surface area contributed by atoms with E-state index in [1.54, 1.807) is 0 Å². The normalized spacial score (nSPS) is 12.9. The molecule has 0 fully saturated rings. The Bertz CT molecular complexity index is 912. The highest BCUT2D eigenvalue weighted by Gasteiger charge is 2.16. The van der Waals surface area contributed by atoms with Crippen molar-refractivity contribution in [3.63, 3.8) is 0 Å². The van der Waals surface area contributed by atoms with Crippen LogP contribution in [0.25, 0.3) is 0 Å². The summed E-state index contributed by atoms with van der Waals surface area (Å²) < 4.78 is 0. The highest BCUT2D eigenvalue weighted by atomic mass is 32.2. The van der Waals surface area contributed by atoms with Gasteiger partial charge >= 0.3 is 0 Å². The number of rotatable bonds is 10. The fourth-order valence-corrected chi connectivity index (χ4v) is 5.47. The second-order valence-electron chi connectivity index (χ2n) is 8.13. The van der Waals surface area contributed by atoms with E-state index in [1.165, 1.54) is 22.3 Å². The Balaban J connectivity index is 1.45. The molecule has 0 amide bonds. The third kappa shape index (κ3) is 6.60. The molecule has 4 aromatic rings. The van der Waals surface area contributed by atoms with Gasteiger partial charge in [0.25, 0.3) is 0 Å². The Hall–Kier alpha value is -2.77. The van der Waals surface area contributed by atoms with Crippen molar-refractivity contribution >= 4 is 11.8 Å². The van der Waals surface area contributed by atoms with Crippen LogP contribution >= 0.6 is 11.8 Å². The van der Waals surface area contributed by atoms with Crippen LogP contribution in [-0.4, -0.2) is 11.5 Å². The highest BCUT2D eigenvalue weighted by molar-refractivity contribution is 7.99. The van der Waals surface area contributed by atoms with E-state index in [0.29, 0.717) is 11.8 Å². The van der Waals surface area contributed by atoms with E-state index in [2.05, 4.69) is 133 Å². The van der Waals surface area contributed by atoms with Gasteiger partial charge in [-0.15, -0.1) is 0 Å². The highest BCUT2D eigenvalue weighted by Crippen LogP contribution is 2.30. The smallest absolute Gasteiger partial charge is 0.000489 e. The second-order valence-corrected chi connectivity index (χ2v) is 9.21. The molecule has 0 aliphatic carbocycles. The van der Waals surface area contributed by atoms with Crippen LogP contribution in [0.2, 0.25) is 0 Å². The molecule has 0 aliphatic rings. The summed E-state index contributed by atoms with van der Waals surface area (Å²) >= 11 is 2.10. The van der Waals surface area contributed by atoms with Crippen LogP contribution < -0.4 is 0 Å². The summed E-state index contributed by atoms with van der Waals surface area (Å²) in [4.78, 5) is 0. The van der Waals surface area contributed by atoms with Crippen LogP contribution in [0.5, 0.6) is 0 Å². The van der Waals surface area contributed by atoms with E-state index in [9.17, 15) is 0 Å². The van der Waals surface area contributed by atoms with E-state index < -0.39 is 0 Å². The Kier molecular flexibility index (Phi) is 8.01. The molecule has 0 aliphatic heterocycles. The van der Waals surface area contributed by atoms with Gasteiger partial charge in [0.15, 0.2) is 0 Å². The van der Waals surface area contributed by atoms with Crippen LogP contribution in [0.3, 0.4) is 0 Å². The van der Waals surface area contributed by atoms with E-state index in [0.717, 1.165) is 24.3 Å². The predicted molar refractivity (Wildman–Crippen MR) is 136 cm³/mol. The lowest BCUT2D eigenvalue weighted by molar-refractivity contribution is 0.753. The standard InChI is InChI=1S/C30H30S/c1-5-13-25(14-6-1)21-29(27-17-9-3-10-18-27)23-31-24-30(28-19-11-4-12-20-28)22-26-15-7-2-8-16-26/h1-20,29-30H,21-24H2. The monoisotopic (exact) mass is 422 g/mol. The molecule has 0 bridgehead atoms. The van der Waals surface area contributed by atoms with Crippen LogP contribution in [0, 0.1) is 0 Å². The molecular formula is C30H30S. The summed E-state index contributed by atoms with van der Waals surface area (Å²) in [5, 5.41) is 0. The van der Waals surface area contributed by atoms with E-state index >= 15 is 0 Å². The average molecular weight is 423 g/mol. The molecule has 0 saturated heterocycles. The zero-order valence-corrected chi connectivity index (χ0v) is 18.8. The van der Waals surface area contributed by atoms with E-state index in [4.69, 9.17) is 0 Å². The summed E-state index contributed by atoms with van der Waals surface area (Å²) in [6.07, 6.45) is 2.18. The maximum Gasteiger partial charge on any atom is 0.000489 e.